The van der Waals surface area contributed by atoms with Crippen molar-refractivity contribution in [2.45, 2.75) is 39.8 Å². The van der Waals surface area contributed by atoms with Gasteiger partial charge in [-0.1, -0.05) is 30.7 Å². The number of amides is 1. The molecule has 1 aliphatic heterocycles. The maximum atomic E-state index is 12.7. The minimum Gasteiger partial charge on any atom is -0.489 e. The molecular weight excluding hydrogens is 314 g/mol. The zero-order valence-electron chi connectivity index (χ0n) is 13.5. The summed E-state index contributed by atoms with van der Waals surface area (Å²) in [5.74, 6) is 0.540. The number of rotatable bonds is 4. The third kappa shape index (κ3) is 2.81. The molecule has 6 heteroatoms. The van der Waals surface area contributed by atoms with Crippen molar-refractivity contribution in [1.29, 1.82) is 0 Å². The van der Waals surface area contributed by atoms with Gasteiger partial charge in [-0.2, -0.15) is 5.10 Å². The average molecular weight is 334 g/mol. The van der Waals surface area contributed by atoms with Gasteiger partial charge in [0.15, 0.2) is 0 Å². The molecule has 1 N–H and O–H groups in total. The summed E-state index contributed by atoms with van der Waals surface area (Å²) in [5.41, 5.74) is 3.21. The Morgan fingerprint density at radius 3 is 3.00 bits per heavy atom. The van der Waals surface area contributed by atoms with Gasteiger partial charge in [-0.3, -0.25) is 9.48 Å². The van der Waals surface area contributed by atoms with Crippen molar-refractivity contribution in [3.63, 3.8) is 0 Å². The van der Waals surface area contributed by atoms with Crippen molar-refractivity contribution in [2.24, 2.45) is 0 Å². The topological polar surface area (TPSA) is 56.2 Å². The molecule has 1 aromatic carbocycles. The van der Waals surface area contributed by atoms with E-state index in [0.29, 0.717) is 22.9 Å². The Bertz CT molecular complexity index is 755. The summed E-state index contributed by atoms with van der Waals surface area (Å²) < 4.78 is 7.50. The van der Waals surface area contributed by atoms with Crippen LogP contribution in [0.4, 0.5) is 0 Å². The number of aryl methyl sites for hydroxylation is 2. The fourth-order valence-corrected chi connectivity index (χ4v) is 3.25. The first-order chi connectivity index (χ1) is 11.0. The Hall–Kier alpha value is -2.01. The van der Waals surface area contributed by atoms with Gasteiger partial charge in [0, 0.05) is 17.8 Å². The van der Waals surface area contributed by atoms with Gasteiger partial charge in [0.05, 0.1) is 22.3 Å². The molecular formula is C17H20ClN3O2. The van der Waals surface area contributed by atoms with Gasteiger partial charge in [0.2, 0.25) is 0 Å². The predicted molar refractivity (Wildman–Crippen MR) is 89.1 cm³/mol. The Morgan fingerprint density at radius 1 is 1.48 bits per heavy atom. The number of benzene rings is 1. The molecule has 0 saturated carbocycles. The summed E-state index contributed by atoms with van der Waals surface area (Å²) in [6.07, 6.45) is 0.978. The number of nitrogens with one attached hydrogen (secondary N) is 1. The lowest BCUT2D eigenvalue weighted by atomic mass is 10.1. The molecule has 0 radical (unpaired) electrons. The second kappa shape index (κ2) is 6.24. The van der Waals surface area contributed by atoms with Gasteiger partial charge >= 0.3 is 0 Å². The average Bonchev–Trinajstić information content (AvgIpc) is 3.03. The second-order valence-corrected chi connectivity index (χ2v) is 6.17. The van der Waals surface area contributed by atoms with E-state index in [1.807, 2.05) is 30.7 Å². The first kappa shape index (κ1) is 15.9. The van der Waals surface area contributed by atoms with E-state index in [-0.39, 0.29) is 11.9 Å². The lowest BCUT2D eigenvalue weighted by molar-refractivity contribution is 0.0929. The molecule has 1 amide bonds. The number of carbonyl (C=O) groups is 1. The van der Waals surface area contributed by atoms with Crippen LogP contribution in [0.2, 0.25) is 5.02 Å². The standard InChI is InChI=1S/C17H20ClN3O2/c1-4-8-21-11(3)15(10(2)20-21)17(22)19-14-9-23-16-12(14)6-5-7-13(16)18/h5-7,14H,4,8-9H2,1-3H3,(H,19,22)/t14-/m1/s1. The van der Waals surface area contributed by atoms with E-state index >= 15 is 0 Å². The third-order valence-corrected chi connectivity index (χ3v) is 4.41. The Morgan fingerprint density at radius 2 is 2.26 bits per heavy atom. The molecule has 2 heterocycles. The van der Waals surface area contributed by atoms with E-state index in [9.17, 15) is 4.79 Å². The number of ether oxygens (including phenoxy) is 1. The van der Waals surface area contributed by atoms with Crippen LogP contribution in [0.3, 0.4) is 0 Å². The predicted octanol–water partition coefficient (Wildman–Crippen LogP) is 3.43. The lowest BCUT2D eigenvalue weighted by Gasteiger charge is -2.12. The van der Waals surface area contributed by atoms with Gasteiger partial charge in [0.25, 0.3) is 5.91 Å². The monoisotopic (exact) mass is 333 g/mol. The number of halogens is 1. The molecule has 122 valence electrons. The molecule has 1 atom stereocenters. The Labute approximate surface area is 140 Å². The number of fused-ring (bicyclic) bond motifs is 1. The summed E-state index contributed by atoms with van der Waals surface area (Å²) in [4.78, 5) is 12.7. The number of hydrogen-bond acceptors (Lipinski definition) is 3. The van der Waals surface area contributed by atoms with Crippen LogP contribution < -0.4 is 10.1 Å². The highest BCUT2D eigenvalue weighted by Gasteiger charge is 2.29. The van der Waals surface area contributed by atoms with Crippen LogP contribution in [0.15, 0.2) is 18.2 Å². The van der Waals surface area contributed by atoms with E-state index in [4.69, 9.17) is 16.3 Å². The highest BCUT2D eigenvalue weighted by atomic mass is 35.5. The maximum absolute atomic E-state index is 12.7. The van der Waals surface area contributed by atoms with Crippen molar-refractivity contribution < 1.29 is 9.53 Å². The second-order valence-electron chi connectivity index (χ2n) is 5.76. The van der Waals surface area contributed by atoms with Crippen LogP contribution in [-0.4, -0.2) is 22.3 Å². The quantitative estimate of drug-likeness (QED) is 0.932. The molecule has 0 spiro atoms. The van der Waals surface area contributed by atoms with E-state index in [1.54, 1.807) is 6.07 Å². The van der Waals surface area contributed by atoms with Crippen LogP contribution in [-0.2, 0) is 6.54 Å². The molecule has 5 nitrogen and oxygen atoms in total. The number of para-hydroxylation sites is 1. The van der Waals surface area contributed by atoms with Crippen molar-refractivity contribution >= 4 is 17.5 Å². The molecule has 0 fully saturated rings. The van der Waals surface area contributed by atoms with Crippen LogP contribution in [0.5, 0.6) is 5.75 Å². The zero-order chi connectivity index (χ0) is 16.6. The van der Waals surface area contributed by atoms with E-state index in [2.05, 4.69) is 17.3 Å². The van der Waals surface area contributed by atoms with E-state index in [1.165, 1.54) is 0 Å². The maximum Gasteiger partial charge on any atom is 0.255 e. The minimum absolute atomic E-state index is 0.122. The molecule has 0 bridgehead atoms. The van der Waals surface area contributed by atoms with Crippen LogP contribution >= 0.6 is 11.6 Å². The summed E-state index contributed by atoms with van der Waals surface area (Å²) in [7, 11) is 0. The molecule has 1 aromatic heterocycles. The van der Waals surface area contributed by atoms with Crippen LogP contribution in [0, 0.1) is 13.8 Å². The van der Waals surface area contributed by atoms with Gasteiger partial charge < -0.3 is 10.1 Å². The SMILES string of the molecule is CCCn1nc(C)c(C(=O)N[C@@H]2COc3c(Cl)cccc32)c1C. The van der Waals surface area contributed by atoms with Crippen molar-refractivity contribution in [2.75, 3.05) is 6.61 Å². The highest BCUT2D eigenvalue weighted by molar-refractivity contribution is 6.32. The van der Waals surface area contributed by atoms with Crippen molar-refractivity contribution in [1.82, 2.24) is 15.1 Å². The van der Waals surface area contributed by atoms with Gasteiger partial charge in [-0.25, -0.2) is 0 Å². The van der Waals surface area contributed by atoms with E-state index in [0.717, 1.165) is 29.9 Å². The first-order valence-electron chi connectivity index (χ1n) is 7.79. The summed E-state index contributed by atoms with van der Waals surface area (Å²) in [6.45, 7) is 7.09. The minimum atomic E-state index is -0.190. The molecule has 23 heavy (non-hydrogen) atoms. The zero-order valence-corrected chi connectivity index (χ0v) is 14.3. The fourth-order valence-electron chi connectivity index (χ4n) is 3.01. The van der Waals surface area contributed by atoms with Gasteiger partial charge in [0.1, 0.15) is 12.4 Å². The smallest absolute Gasteiger partial charge is 0.255 e. The number of aromatic nitrogens is 2. The summed E-state index contributed by atoms with van der Waals surface area (Å²) in [5, 5.41) is 8.07. The number of nitrogens with zero attached hydrogens (tertiary/aromatic N) is 2. The van der Waals surface area contributed by atoms with Crippen LogP contribution in [0.1, 0.15) is 46.7 Å². The molecule has 2 aromatic rings. The lowest BCUT2D eigenvalue weighted by Crippen LogP contribution is -2.30. The van der Waals surface area contributed by atoms with Crippen LogP contribution in [0.25, 0.3) is 0 Å². The highest BCUT2D eigenvalue weighted by Crippen LogP contribution is 2.38. The molecule has 3 rings (SSSR count). The van der Waals surface area contributed by atoms with Gasteiger partial charge in [-0.05, 0) is 26.3 Å². The normalized spacial score (nSPS) is 16.1. The summed E-state index contributed by atoms with van der Waals surface area (Å²) in [6, 6.07) is 5.39. The molecule has 0 saturated heterocycles. The van der Waals surface area contributed by atoms with Crippen molar-refractivity contribution in [3.8, 4) is 5.75 Å². The third-order valence-electron chi connectivity index (χ3n) is 4.12. The van der Waals surface area contributed by atoms with Crippen molar-refractivity contribution in [3.05, 3.63) is 45.7 Å². The number of carbonyl (C=O) groups excluding carboxylic acids is 1. The molecule has 0 unspecified atom stereocenters. The fraction of sp³-hybridized carbons (Fsp3) is 0.412. The largest absolute Gasteiger partial charge is 0.489 e. The molecule has 1 aliphatic rings. The van der Waals surface area contributed by atoms with E-state index < -0.39 is 0 Å². The number of hydrogen-bond donors (Lipinski definition) is 1. The first-order valence-corrected chi connectivity index (χ1v) is 8.16. The summed E-state index contributed by atoms with van der Waals surface area (Å²) >= 11 is 6.13. The Balaban J connectivity index is 1.83. The van der Waals surface area contributed by atoms with Gasteiger partial charge in [-0.15, -0.1) is 0 Å². The Kier molecular flexibility index (Phi) is 4.31. The molecule has 0 aliphatic carbocycles.